The van der Waals surface area contributed by atoms with Gasteiger partial charge in [0.25, 0.3) is 0 Å². The molecule has 2 bridgehead atoms. The Morgan fingerprint density at radius 2 is 1.20 bits per heavy atom. The largest absolute Gasteiger partial charge is 0.452 e. The standard InChI is InChI=1S/C25H20O5/c1-15-12-13-18-19(14-15)21-23(30-25(27)17-10-6-3-7-11-17)22(20(18)28-21)29-24(26)16-8-4-2-5-9-16/h2-14,20-23H,1H3. The van der Waals surface area contributed by atoms with Crippen molar-refractivity contribution in [1.82, 2.24) is 0 Å². The molecule has 5 rings (SSSR count). The van der Waals surface area contributed by atoms with E-state index in [2.05, 4.69) is 0 Å². The third-order valence-electron chi connectivity index (χ3n) is 5.57. The van der Waals surface area contributed by atoms with Gasteiger partial charge in [0, 0.05) is 0 Å². The van der Waals surface area contributed by atoms with E-state index in [-0.39, 0.29) is 0 Å². The van der Waals surface area contributed by atoms with Crippen LogP contribution in [0.1, 0.15) is 49.6 Å². The highest BCUT2D eigenvalue weighted by Crippen LogP contribution is 2.53. The number of rotatable bonds is 4. The van der Waals surface area contributed by atoms with E-state index in [1.807, 2.05) is 37.3 Å². The topological polar surface area (TPSA) is 61.8 Å². The van der Waals surface area contributed by atoms with Crippen molar-refractivity contribution in [2.45, 2.75) is 31.3 Å². The predicted octanol–water partition coefficient (Wildman–Crippen LogP) is 4.57. The van der Waals surface area contributed by atoms with Gasteiger partial charge in [0.05, 0.1) is 11.1 Å². The van der Waals surface area contributed by atoms with Crippen molar-refractivity contribution >= 4 is 11.9 Å². The highest BCUT2D eigenvalue weighted by Gasteiger charge is 2.56. The van der Waals surface area contributed by atoms with Crippen LogP contribution in [0.5, 0.6) is 0 Å². The summed E-state index contributed by atoms with van der Waals surface area (Å²) in [6.45, 7) is 2.00. The molecule has 1 fully saturated rings. The van der Waals surface area contributed by atoms with Crippen molar-refractivity contribution in [3.63, 3.8) is 0 Å². The van der Waals surface area contributed by atoms with Crippen molar-refractivity contribution in [2.75, 3.05) is 0 Å². The van der Waals surface area contributed by atoms with Crippen LogP contribution in [0, 0.1) is 6.92 Å². The Morgan fingerprint density at radius 3 is 1.73 bits per heavy atom. The molecule has 4 unspecified atom stereocenters. The van der Waals surface area contributed by atoms with E-state index >= 15 is 0 Å². The lowest BCUT2D eigenvalue weighted by molar-refractivity contribution is -0.0348. The van der Waals surface area contributed by atoms with Crippen molar-refractivity contribution < 1.29 is 23.8 Å². The molecule has 150 valence electrons. The zero-order valence-electron chi connectivity index (χ0n) is 16.4. The molecule has 3 aromatic carbocycles. The summed E-state index contributed by atoms with van der Waals surface area (Å²) in [5.74, 6) is -0.933. The highest BCUT2D eigenvalue weighted by molar-refractivity contribution is 5.90. The first kappa shape index (κ1) is 18.6. The van der Waals surface area contributed by atoms with E-state index in [1.165, 1.54) is 0 Å². The number of hydrogen-bond acceptors (Lipinski definition) is 5. The number of aryl methyl sites for hydroxylation is 1. The van der Waals surface area contributed by atoms with Crippen LogP contribution in [0.25, 0.3) is 0 Å². The summed E-state index contributed by atoms with van der Waals surface area (Å²) < 4.78 is 17.8. The molecule has 0 aliphatic carbocycles. The SMILES string of the molecule is Cc1ccc2c(c1)C1OC2C(OC(=O)c2ccccc2)C1OC(=O)c1ccccc1. The average molecular weight is 400 g/mol. The Hall–Kier alpha value is -3.44. The van der Waals surface area contributed by atoms with Gasteiger partial charge in [0.2, 0.25) is 0 Å². The molecule has 2 aliphatic heterocycles. The van der Waals surface area contributed by atoms with Gasteiger partial charge in [-0.2, -0.15) is 0 Å². The van der Waals surface area contributed by atoms with Gasteiger partial charge < -0.3 is 14.2 Å². The fourth-order valence-corrected chi connectivity index (χ4v) is 4.15. The fraction of sp³-hybridized carbons (Fsp3) is 0.200. The van der Waals surface area contributed by atoms with Crippen molar-refractivity contribution in [3.8, 4) is 0 Å². The van der Waals surface area contributed by atoms with Crippen LogP contribution in [0.4, 0.5) is 0 Å². The van der Waals surface area contributed by atoms with E-state index in [4.69, 9.17) is 14.2 Å². The number of fused-ring (bicyclic) bond motifs is 5. The van der Waals surface area contributed by atoms with Crippen LogP contribution in [-0.4, -0.2) is 24.1 Å². The molecule has 5 heteroatoms. The van der Waals surface area contributed by atoms with E-state index in [9.17, 15) is 9.59 Å². The maximum atomic E-state index is 12.7. The summed E-state index contributed by atoms with van der Waals surface area (Å²) in [6, 6.07) is 23.6. The minimum Gasteiger partial charge on any atom is -0.452 e. The van der Waals surface area contributed by atoms with E-state index in [1.54, 1.807) is 48.5 Å². The molecule has 2 heterocycles. The van der Waals surface area contributed by atoms with Gasteiger partial charge in [-0.05, 0) is 42.3 Å². The quantitative estimate of drug-likeness (QED) is 0.600. The first-order valence-electron chi connectivity index (χ1n) is 9.90. The molecule has 0 spiro atoms. The maximum Gasteiger partial charge on any atom is 0.338 e. The van der Waals surface area contributed by atoms with Crippen LogP contribution >= 0.6 is 0 Å². The summed E-state index contributed by atoms with van der Waals surface area (Å²) in [5.41, 5.74) is 3.94. The Kier molecular flexibility index (Phi) is 4.60. The Bertz CT molecular complexity index is 1090. The predicted molar refractivity (Wildman–Crippen MR) is 109 cm³/mol. The average Bonchev–Trinajstić information content (AvgIpc) is 3.31. The summed E-state index contributed by atoms with van der Waals surface area (Å²) >= 11 is 0. The third-order valence-corrected chi connectivity index (χ3v) is 5.57. The number of benzene rings is 3. The van der Waals surface area contributed by atoms with Crippen LogP contribution < -0.4 is 0 Å². The zero-order valence-corrected chi connectivity index (χ0v) is 16.4. The van der Waals surface area contributed by atoms with Gasteiger partial charge in [-0.25, -0.2) is 9.59 Å². The van der Waals surface area contributed by atoms with Crippen LogP contribution in [0.3, 0.4) is 0 Å². The van der Waals surface area contributed by atoms with E-state index < -0.39 is 36.4 Å². The van der Waals surface area contributed by atoms with Crippen molar-refractivity contribution in [3.05, 3.63) is 107 Å². The second kappa shape index (κ2) is 7.43. The monoisotopic (exact) mass is 400 g/mol. The van der Waals surface area contributed by atoms with E-state index in [0.717, 1.165) is 16.7 Å². The number of hydrogen-bond donors (Lipinski definition) is 0. The van der Waals surface area contributed by atoms with Crippen molar-refractivity contribution in [2.24, 2.45) is 0 Å². The lowest BCUT2D eigenvalue weighted by Gasteiger charge is -2.29. The molecule has 5 nitrogen and oxygen atoms in total. The minimum atomic E-state index is -0.718. The smallest absolute Gasteiger partial charge is 0.338 e. The third kappa shape index (κ3) is 3.17. The highest BCUT2D eigenvalue weighted by atomic mass is 16.6. The second-order valence-corrected chi connectivity index (χ2v) is 7.58. The minimum absolute atomic E-state index is 0.442. The van der Waals surface area contributed by atoms with Gasteiger partial charge in [-0.1, -0.05) is 60.2 Å². The van der Waals surface area contributed by atoms with Gasteiger partial charge in [0.1, 0.15) is 12.2 Å². The molecule has 1 saturated heterocycles. The molecular formula is C25H20O5. The Labute approximate surface area is 174 Å². The number of carbonyl (C=O) groups excluding carboxylic acids is 2. The lowest BCUT2D eigenvalue weighted by atomic mass is 9.86. The number of carbonyl (C=O) groups is 2. The molecule has 0 N–H and O–H groups in total. The normalized spacial score (nSPS) is 23.6. The van der Waals surface area contributed by atoms with Gasteiger partial charge in [0.15, 0.2) is 12.2 Å². The Morgan fingerprint density at radius 1 is 0.700 bits per heavy atom. The first-order valence-corrected chi connectivity index (χ1v) is 9.90. The molecule has 3 aromatic rings. The molecule has 0 radical (unpaired) electrons. The van der Waals surface area contributed by atoms with Crippen LogP contribution in [0.2, 0.25) is 0 Å². The molecule has 0 saturated carbocycles. The van der Waals surface area contributed by atoms with Crippen molar-refractivity contribution in [1.29, 1.82) is 0 Å². The lowest BCUT2D eigenvalue weighted by Crippen LogP contribution is -2.39. The molecule has 30 heavy (non-hydrogen) atoms. The zero-order chi connectivity index (χ0) is 20.7. The number of esters is 2. The van der Waals surface area contributed by atoms with Crippen LogP contribution in [-0.2, 0) is 14.2 Å². The molecule has 0 aromatic heterocycles. The molecular weight excluding hydrogens is 380 g/mol. The summed E-state index contributed by atoms with van der Waals surface area (Å²) in [4.78, 5) is 25.5. The summed E-state index contributed by atoms with van der Waals surface area (Å²) in [7, 11) is 0. The number of ether oxygens (including phenoxy) is 3. The molecule has 0 amide bonds. The van der Waals surface area contributed by atoms with Gasteiger partial charge in [-0.3, -0.25) is 0 Å². The van der Waals surface area contributed by atoms with Crippen LogP contribution in [0.15, 0.2) is 78.9 Å². The Balaban J connectivity index is 1.46. The van der Waals surface area contributed by atoms with E-state index in [0.29, 0.717) is 11.1 Å². The van der Waals surface area contributed by atoms with Gasteiger partial charge >= 0.3 is 11.9 Å². The summed E-state index contributed by atoms with van der Waals surface area (Å²) in [5, 5.41) is 0. The maximum absolute atomic E-state index is 12.7. The second-order valence-electron chi connectivity index (χ2n) is 7.58. The fourth-order valence-electron chi connectivity index (χ4n) is 4.15. The molecule has 2 aliphatic rings. The summed E-state index contributed by atoms with van der Waals surface area (Å²) in [6.07, 6.45) is -2.37. The molecule has 4 atom stereocenters. The first-order chi connectivity index (χ1) is 14.6. The van der Waals surface area contributed by atoms with Gasteiger partial charge in [-0.15, -0.1) is 0 Å².